The second-order valence-electron chi connectivity index (χ2n) is 5.64. The van der Waals surface area contributed by atoms with Gasteiger partial charge in [-0.15, -0.1) is 11.8 Å². The van der Waals surface area contributed by atoms with Gasteiger partial charge in [0.15, 0.2) is 5.96 Å². The highest BCUT2D eigenvalue weighted by molar-refractivity contribution is 8.01. The third kappa shape index (κ3) is 4.76. The summed E-state index contributed by atoms with van der Waals surface area (Å²) in [6.45, 7) is 4.34. The number of hydrogen-bond donors (Lipinski definition) is 2. The Morgan fingerprint density at radius 3 is 2.74 bits per heavy atom. The van der Waals surface area contributed by atoms with Crippen LogP contribution in [0.2, 0.25) is 0 Å². The van der Waals surface area contributed by atoms with Crippen molar-refractivity contribution in [2.45, 2.75) is 36.0 Å². The molecule has 3 rings (SSSR count). The molecule has 0 amide bonds. The summed E-state index contributed by atoms with van der Waals surface area (Å²) in [4.78, 5) is 5.89. The van der Waals surface area contributed by atoms with Gasteiger partial charge in [0.25, 0.3) is 0 Å². The number of aromatic nitrogens is 1. The Kier molecular flexibility index (Phi) is 5.23. The topological polar surface area (TPSA) is 62.5 Å². The maximum Gasteiger partial charge on any atom is 0.191 e. The van der Waals surface area contributed by atoms with Gasteiger partial charge in [-0.1, -0.05) is 23.4 Å². The summed E-state index contributed by atoms with van der Waals surface area (Å²) in [5, 5.41) is 10.6. The molecule has 6 heteroatoms. The van der Waals surface area contributed by atoms with Crippen molar-refractivity contribution < 1.29 is 4.52 Å². The first-order chi connectivity index (χ1) is 11.3. The van der Waals surface area contributed by atoms with Gasteiger partial charge in [-0.3, -0.25) is 0 Å². The predicted molar refractivity (Wildman–Crippen MR) is 93.6 cm³/mol. The van der Waals surface area contributed by atoms with Crippen LogP contribution >= 0.6 is 11.8 Å². The lowest BCUT2D eigenvalue weighted by Gasteiger charge is -2.18. The number of hydrogen-bond acceptors (Lipinski definition) is 4. The monoisotopic (exact) mass is 330 g/mol. The molecule has 0 spiro atoms. The lowest BCUT2D eigenvalue weighted by atomic mass is 10.4. The molecule has 1 heterocycles. The first kappa shape index (κ1) is 15.9. The first-order valence-electron chi connectivity index (χ1n) is 7.95. The smallest absolute Gasteiger partial charge is 0.191 e. The number of aliphatic imine (C=N–C) groups is 1. The Balaban J connectivity index is 1.55. The minimum atomic E-state index is 0.297. The molecule has 0 radical (unpaired) electrons. The fraction of sp³-hybridized carbons (Fsp3) is 0.412. The Morgan fingerprint density at radius 2 is 2.09 bits per heavy atom. The molecule has 1 aliphatic rings. The van der Waals surface area contributed by atoms with Gasteiger partial charge in [0.05, 0.1) is 6.54 Å². The zero-order valence-electron chi connectivity index (χ0n) is 13.3. The summed E-state index contributed by atoms with van der Waals surface area (Å²) in [5.74, 6) is 0.829. The van der Waals surface area contributed by atoms with Crippen molar-refractivity contribution in [1.82, 2.24) is 15.8 Å². The summed E-state index contributed by atoms with van der Waals surface area (Å²) in [6.07, 6.45) is 4.05. The zero-order valence-corrected chi connectivity index (χ0v) is 14.1. The quantitative estimate of drug-likeness (QED) is 0.603. The van der Waals surface area contributed by atoms with Crippen molar-refractivity contribution in [1.29, 1.82) is 0 Å². The third-order valence-corrected chi connectivity index (χ3v) is 5.19. The van der Waals surface area contributed by atoms with Crippen LogP contribution in [0.1, 0.15) is 25.5 Å². The molecular weight excluding hydrogens is 308 g/mol. The van der Waals surface area contributed by atoms with Crippen LogP contribution in [0.5, 0.6) is 0 Å². The highest BCUT2D eigenvalue weighted by Gasteiger charge is 2.43. The average Bonchev–Trinajstić information content (AvgIpc) is 3.13. The van der Waals surface area contributed by atoms with Crippen LogP contribution in [0.15, 0.2) is 57.1 Å². The molecule has 0 saturated heterocycles. The van der Waals surface area contributed by atoms with Crippen LogP contribution in [0.25, 0.3) is 0 Å². The molecule has 1 aromatic heterocycles. The van der Waals surface area contributed by atoms with Crippen molar-refractivity contribution in [3.05, 3.63) is 48.4 Å². The predicted octanol–water partition coefficient (Wildman–Crippen LogP) is 3.05. The van der Waals surface area contributed by atoms with Crippen LogP contribution in [0.3, 0.4) is 0 Å². The number of thioether (sulfide) groups is 1. The minimum absolute atomic E-state index is 0.297. The Morgan fingerprint density at radius 1 is 1.26 bits per heavy atom. The maximum absolute atomic E-state index is 4.83. The second-order valence-corrected chi connectivity index (χ2v) is 7.18. The molecule has 1 fully saturated rings. The van der Waals surface area contributed by atoms with E-state index in [4.69, 9.17) is 4.52 Å². The number of benzene rings is 1. The van der Waals surface area contributed by atoms with E-state index in [1.54, 1.807) is 6.26 Å². The molecule has 122 valence electrons. The van der Waals surface area contributed by atoms with E-state index in [1.807, 2.05) is 17.8 Å². The van der Waals surface area contributed by atoms with Crippen LogP contribution in [0, 0.1) is 0 Å². The van der Waals surface area contributed by atoms with Crippen molar-refractivity contribution >= 4 is 17.7 Å². The minimum Gasteiger partial charge on any atom is -0.364 e. The molecule has 23 heavy (non-hydrogen) atoms. The normalized spacial score (nSPS) is 16.1. The van der Waals surface area contributed by atoms with Gasteiger partial charge >= 0.3 is 0 Å². The van der Waals surface area contributed by atoms with Crippen LogP contribution in [-0.2, 0) is 6.54 Å². The standard InChI is InChI=1S/C17H22N4OS/c1-2-18-16(19-12-14-8-11-22-21-14)20-13-17(9-10-17)23-15-6-4-3-5-7-15/h3-8,11H,2,9-10,12-13H2,1H3,(H2,18,19,20). The first-order valence-corrected chi connectivity index (χ1v) is 8.77. The second kappa shape index (κ2) is 7.55. The molecule has 1 saturated carbocycles. The number of nitrogens with one attached hydrogen (secondary N) is 2. The van der Waals surface area contributed by atoms with Crippen molar-refractivity contribution in [2.75, 3.05) is 13.1 Å². The van der Waals surface area contributed by atoms with E-state index >= 15 is 0 Å². The largest absolute Gasteiger partial charge is 0.364 e. The molecule has 2 aromatic rings. The van der Waals surface area contributed by atoms with Gasteiger partial charge in [0.2, 0.25) is 0 Å². The van der Waals surface area contributed by atoms with Gasteiger partial charge in [-0.25, -0.2) is 4.99 Å². The van der Waals surface area contributed by atoms with Crippen molar-refractivity contribution in [3.63, 3.8) is 0 Å². The van der Waals surface area contributed by atoms with Gasteiger partial charge < -0.3 is 15.2 Å². The summed E-state index contributed by atoms with van der Waals surface area (Å²) < 4.78 is 5.13. The van der Waals surface area contributed by atoms with Gasteiger partial charge in [-0.2, -0.15) is 0 Å². The number of guanidine groups is 1. The summed E-state index contributed by atoms with van der Waals surface area (Å²) in [7, 11) is 0. The van der Waals surface area contributed by atoms with Crippen LogP contribution < -0.4 is 10.6 Å². The van der Waals surface area contributed by atoms with Gasteiger partial charge in [0.1, 0.15) is 12.0 Å². The molecular formula is C17H22N4OS. The highest BCUT2D eigenvalue weighted by atomic mass is 32.2. The zero-order chi connectivity index (χ0) is 16.0. The van der Waals surface area contributed by atoms with E-state index < -0.39 is 0 Å². The number of nitrogens with zero attached hydrogens (tertiary/aromatic N) is 2. The SMILES string of the molecule is CCNC(=NCc1ccon1)NCC1(Sc2ccccc2)CC1. The van der Waals surface area contributed by atoms with E-state index in [2.05, 4.69) is 58.0 Å². The summed E-state index contributed by atoms with van der Waals surface area (Å²) in [5.41, 5.74) is 0.835. The lowest BCUT2D eigenvalue weighted by Crippen LogP contribution is -2.41. The van der Waals surface area contributed by atoms with E-state index in [9.17, 15) is 0 Å². The molecule has 1 aromatic carbocycles. The van der Waals surface area contributed by atoms with E-state index in [-0.39, 0.29) is 0 Å². The molecule has 0 atom stereocenters. The molecule has 2 N–H and O–H groups in total. The molecule has 0 unspecified atom stereocenters. The van der Waals surface area contributed by atoms with E-state index in [1.165, 1.54) is 17.7 Å². The summed E-state index contributed by atoms with van der Waals surface area (Å²) >= 11 is 1.96. The third-order valence-electron chi connectivity index (χ3n) is 3.70. The van der Waals surface area contributed by atoms with E-state index in [0.717, 1.165) is 24.7 Å². The van der Waals surface area contributed by atoms with E-state index in [0.29, 0.717) is 11.3 Å². The molecule has 1 aliphatic carbocycles. The fourth-order valence-corrected chi connectivity index (χ4v) is 3.50. The summed E-state index contributed by atoms with van der Waals surface area (Å²) in [6, 6.07) is 12.4. The Labute approximate surface area is 140 Å². The van der Waals surface area contributed by atoms with Crippen LogP contribution in [0.4, 0.5) is 0 Å². The molecule has 5 nitrogen and oxygen atoms in total. The lowest BCUT2D eigenvalue weighted by molar-refractivity contribution is 0.412. The fourth-order valence-electron chi connectivity index (χ4n) is 2.26. The van der Waals surface area contributed by atoms with Crippen LogP contribution in [-0.4, -0.2) is 29.0 Å². The molecule has 0 aliphatic heterocycles. The van der Waals surface area contributed by atoms with Crippen molar-refractivity contribution in [3.8, 4) is 0 Å². The molecule has 0 bridgehead atoms. The number of rotatable bonds is 7. The maximum atomic E-state index is 4.83. The average molecular weight is 330 g/mol. The van der Waals surface area contributed by atoms with Gasteiger partial charge in [0, 0.05) is 28.8 Å². The van der Waals surface area contributed by atoms with Gasteiger partial charge in [-0.05, 0) is 31.9 Å². The Hall–Kier alpha value is -1.95. The highest BCUT2D eigenvalue weighted by Crippen LogP contribution is 2.51. The Bertz CT molecular complexity index is 623. The van der Waals surface area contributed by atoms with Crippen molar-refractivity contribution in [2.24, 2.45) is 4.99 Å².